The molecule has 1 saturated heterocycles. The predicted octanol–water partition coefficient (Wildman–Crippen LogP) is 3.67. The number of para-hydroxylation sites is 1. The van der Waals surface area contributed by atoms with E-state index in [0.717, 1.165) is 70.0 Å². The summed E-state index contributed by atoms with van der Waals surface area (Å²) in [5, 5.41) is 10.1. The van der Waals surface area contributed by atoms with Crippen LogP contribution in [-0.2, 0) is 17.8 Å². The van der Waals surface area contributed by atoms with Crippen LogP contribution >= 0.6 is 0 Å². The Kier molecular flexibility index (Phi) is 7.00. The number of ether oxygens (including phenoxy) is 3. The van der Waals surface area contributed by atoms with Crippen molar-refractivity contribution in [1.29, 1.82) is 0 Å². The van der Waals surface area contributed by atoms with E-state index < -0.39 is 0 Å². The first-order valence-electron chi connectivity index (χ1n) is 11.3. The normalized spacial score (nSPS) is 18.9. The van der Waals surface area contributed by atoms with Crippen molar-refractivity contribution in [1.82, 2.24) is 9.80 Å². The average molecular weight is 427 g/mol. The molecule has 0 aromatic heterocycles. The lowest BCUT2D eigenvalue weighted by Crippen LogP contribution is -2.53. The maximum Gasteiger partial charge on any atom is 0.161 e. The fourth-order valence-corrected chi connectivity index (χ4v) is 4.67. The third kappa shape index (κ3) is 5.32. The molecule has 2 aromatic rings. The van der Waals surface area contributed by atoms with Crippen LogP contribution in [0.25, 0.3) is 0 Å². The van der Waals surface area contributed by atoms with Gasteiger partial charge in [-0.1, -0.05) is 24.3 Å². The lowest BCUT2D eigenvalue weighted by molar-refractivity contribution is -0.0233. The number of phenolic OH excluding ortho intramolecular Hbond substituents is 1. The van der Waals surface area contributed by atoms with E-state index in [-0.39, 0.29) is 11.4 Å². The monoisotopic (exact) mass is 426 g/mol. The molecule has 0 radical (unpaired) electrons. The smallest absolute Gasteiger partial charge is 0.161 e. The van der Waals surface area contributed by atoms with Gasteiger partial charge in [-0.15, -0.1) is 0 Å². The van der Waals surface area contributed by atoms with Crippen molar-refractivity contribution in [2.45, 2.75) is 38.5 Å². The zero-order valence-corrected chi connectivity index (χ0v) is 18.7. The molecule has 31 heavy (non-hydrogen) atoms. The average Bonchev–Trinajstić information content (AvgIpc) is 2.92. The summed E-state index contributed by atoms with van der Waals surface area (Å²) >= 11 is 0. The van der Waals surface area contributed by atoms with E-state index >= 15 is 0 Å². The van der Waals surface area contributed by atoms with Gasteiger partial charge in [0.25, 0.3) is 0 Å². The van der Waals surface area contributed by atoms with E-state index in [1.807, 2.05) is 19.1 Å². The molecule has 2 heterocycles. The van der Waals surface area contributed by atoms with Crippen LogP contribution in [0.2, 0.25) is 0 Å². The van der Waals surface area contributed by atoms with Crippen molar-refractivity contribution < 1.29 is 19.3 Å². The van der Waals surface area contributed by atoms with Crippen LogP contribution < -0.4 is 9.47 Å². The number of phenols is 1. The van der Waals surface area contributed by atoms with Crippen LogP contribution in [0.4, 0.5) is 0 Å². The van der Waals surface area contributed by atoms with Crippen molar-refractivity contribution in [3.05, 3.63) is 53.6 Å². The Bertz CT molecular complexity index is 864. The van der Waals surface area contributed by atoms with E-state index in [1.165, 1.54) is 5.56 Å². The Labute approximate surface area is 185 Å². The Hall–Kier alpha value is -2.28. The van der Waals surface area contributed by atoms with Gasteiger partial charge in [0.05, 0.1) is 13.2 Å². The van der Waals surface area contributed by atoms with Crippen LogP contribution in [0.5, 0.6) is 17.2 Å². The van der Waals surface area contributed by atoms with Gasteiger partial charge in [0, 0.05) is 64.8 Å². The molecule has 6 heteroatoms. The molecule has 1 spiro atoms. The summed E-state index contributed by atoms with van der Waals surface area (Å²) in [5.74, 6) is 1.75. The lowest BCUT2D eigenvalue weighted by Gasteiger charge is -2.43. The molecule has 0 unspecified atom stereocenters. The largest absolute Gasteiger partial charge is 0.504 e. The molecular weight excluding hydrogens is 392 g/mol. The van der Waals surface area contributed by atoms with Gasteiger partial charge in [0.2, 0.25) is 0 Å². The zero-order valence-electron chi connectivity index (χ0n) is 18.7. The van der Waals surface area contributed by atoms with Gasteiger partial charge in [-0.2, -0.15) is 0 Å². The predicted molar refractivity (Wildman–Crippen MR) is 121 cm³/mol. The zero-order chi connectivity index (χ0) is 21.7. The number of methoxy groups -OCH3 is 1. The summed E-state index contributed by atoms with van der Waals surface area (Å²) in [6.07, 6.45) is 2.00. The van der Waals surface area contributed by atoms with Crippen molar-refractivity contribution in [3.8, 4) is 17.2 Å². The van der Waals surface area contributed by atoms with E-state index in [0.29, 0.717) is 12.4 Å². The molecule has 2 aliphatic rings. The number of fused-ring (bicyclic) bond motifs is 1. The number of aromatic hydroxyl groups is 1. The summed E-state index contributed by atoms with van der Waals surface area (Å²) in [6, 6.07) is 14.1. The third-order valence-electron chi connectivity index (χ3n) is 6.31. The number of rotatable bonds is 7. The molecule has 4 rings (SSSR count). The molecule has 6 nitrogen and oxygen atoms in total. The quantitative estimate of drug-likeness (QED) is 0.729. The molecule has 0 saturated carbocycles. The van der Waals surface area contributed by atoms with Gasteiger partial charge >= 0.3 is 0 Å². The van der Waals surface area contributed by atoms with Crippen molar-refractivity contribution in [2.24, 2.45) is 0 Å². The van der Waals surface area contributed by atoms with Crippen molar-refractivity contribution in [2.75, 3.05) is 46.5 Å². The number of nitrogens with zero attached hydrogens (tertiary/aromatic N) is 2. The van der Waals surface area contributed by atoms with Gasteiger partial charge in [0.15, 0.2) is 11.5 Å². The molecule has 1 N–H and O–H groups in total. The highest BCUT2D eigenvalue weighted by Gasteiger charge is 2.40. The third-order valence-corrected chi connectivity index (χ3v) is 6.31. The highest BCUT2D eigenvalue weighted by molar-refractivity contribution is 5.42. The second-order valence-corrected chi connectivity index (χ2v) is 8.61. The number of hydrogen-bond donors (Lipinski definition) is 1. The fourth-order valence-electron chi connectivity index (χ4n) is 4.67. The Morgan fingerprint density at radius 1 is 1.10 bits per heavy atom. The molecule has 0 atom stereocenters. The van der Waals surface area contributed by atoms with Crippen LogP contribution in [0.15, 0.2) is 42.5 Å². The van der Waals surface area contributed by atoms with Gasteiger partial charge in [0.1, 0.15) is 11.4 Å². The minimum Gasteiger partial charge on any atom is -0.504 e. The first-order chi connectivity index (χ1) is 15.1. The molecule has 2 aliphatic heterocycles. The Morgan fingerprint density at radius 3 is 2.68 bits per heavy atom. The molecular formula is C25H34N2O4. The summed E-state index contributed by atoms with van der Waals surface area (Å²) < 4.78 is 17.6. The summed E-state index contributed by atoms with van der Waals surface area (Å²) in [6.45, 7) is 8.75. The SMILES string of the molecule is CCOc1cc(CN2Cc3ccccc3OC3(CCN(CCOC)CC3)C2)ccc1O. The minimum absolute atomic E-state index is 0.185. The summed E-state index contributed by atoms with van der Waals surface area (Å²) in [4.78, 5) is 4.94. The standard InChI is InChI=1S/C25H34N2O4/c1-3-30-24-16-20(8-9-22(24)28)17-27-18-21-6-4-5-7-23(21)31-25(19-27)10-12-26(13-11-25)14-15-29-2/h4-9,16,28H,3,10-15,17-19H2,1-2H3. The fraction of sp³-hybridized carbons (Fsp3) is 0.520. The number of piperidine rings is 1. The van der Waals surface area contributed by atoms with E-state index in [2.05, 4.69) is 34.1 Å². The molecule has 1 fully saturated rings. The lowest BCUT2D eigenvalue weighted by atomic mass is 9.90. The summed E-state index contributed by atoms with van der Waals surface area (Å²) in [7, 11) is 1.76. The van der Waals surface area contributed by atoms with Gasteiger partial charge in [-0.05, 0) is 30.7 Å². The first-order valence-corrected chi connectivity index (χ1v) is 11.3. The van der Waals surface area contributed by atoms with Crippen molar-refractivity contribution >= 4 is 0 Å². The number of benzene rings is 2. The number of likely N-dealkylation sites (tertiary alicyclic amines) is 1. The molecule has 168 valence electrons. The van der Waals surface area contributed by atoms with E-state index in [1.54, 1.807) is 13.2 Å². The Morgan fingerprint density at radius 2 is 1.90 bits per heavy atom. The highest BCUT2D eigenvalue weighted by Crippen LogP contribution is 2.36. The van der Waals surface area contributed by atoms with E-state index in [4.69, 9.17) is 14.2 Å². The van der Waals surface area contributed by atoms with E-state index in [9.17, 15) is 5.11 Å². The Balaban J connectivity index is 1.54. The molecule has 0 bridgehead atoms. The maximum absolute atomic E-state index is 10.1. The van der Waals surface area contributed by atoms with Gasteiger partial charge < -0.3 is 24.2 Å². The number of hydrogen-bond acceptors (Lipinski definition) is 6. The topological polar surface area (TPSA) is 54.4 Å². The highest BCUT2D eigenvalue weighted by atomic mass is 16.5. The van der Waals surface area contributed by atoms with Gasteiger partial charge in [-0.3, -0.25) is 4.90 Å². The first kappa shape index (κ1) is 21.9. The van der Waals surface area contributed by atoms with Gasteiger partial charge in [-0.25, -0.2) is 0 Å². The van der Waals surface area contributed by atoms with Crippen molar-refractivity contribution in [3.63, 3.8) is 0 Å². The van der Waals surface area contributed by atoms with Crippen LogP contribution in [0.1, 0.15) is 30.9 Å². The summed E-state index contributed by atoms with van der Waals surface area (Å²) in [5.41, 5.74) is 2.17. The van der Waals surface area contributed by atoms with Crippen LogP contribution in [0, 0.1) is 0 Å². The second kappa shape index (κ2) is 9.90. The second-order valence-electron chi connectivity index (χ2n) is 8.61. The van der Waals surface area contributed by atoms with Crippen LogP contribution in [0.3, 0.4) is 0 Å². The molecule has 2 aromatic carbocycles. The molecule has 0 aliphatic carbocycles. The molecule has 0 amide bonds. The minimum atomic E-state index is -0.185. The van der Waals surface area contributed by atoms with Crippen LogP contribution in [-0.4, -0.2) is 67.0 Å². The maximum atomic E-state index is 10.1.